The molecule has 28 heteroatoms. The Hall–Kier alpha value is -4.70. The van der Waals surface area contributed by atoms with Gasteiger partial charge in [-0.25, -0.2) is 33.3 Å². The molecule has 0 bridgehead atoms. The molecule has 4 aliphatic rings. The van der Waals surface area contributed by atoms with Crippen molar-refractivity contribution < 1.29 is 89.1 Å². The molecule has 2 amide bonds. The van der Waals surface area contributed by atoms with Gasteiger partial charge in [-0.1, -0.05) is 71.4 Å². The minimum absolute atomic E-state index is 0.0494. The topological polar surface area (TPSA) is 278 Å². The first kappa shape index (κ1) is 64.3. The van der Waals surface area contributed by atoms with Crippen LogP contribution in [0.1, 0.15) is 96.6 Å². The van der Waals surface area contributed by atoms with Crippen molar-refractivity contribution in [2.24, 2.45) is 0 Å². The van der Waals surface area contributed by atoms with Crippen molar-refractivity contribution in [2.75, 3.05) is 54.6 Å². The lowest BCUT2D eigenvalue weighted by atomic mass is 9.78. The molecule has 1 fully saturated rings. The number of hydrogen-bond acceptors (Lipinski definition) is 22. The highest BCUT2D eigenvalue weighted by Crippen LogP contribution is 2.52. The van der Waals surface area contributed by atoms with Crippen molar-refractivity contribution in [3.63, 3.8) is 0 Å². The van der Waals surface area contributed by atoms with Gasteiger partial charge in [0.1, 0.15) is 6.54 Å². The van der Waals surface area contributed by atoms with Crippen LogP contribution in [0.2, 0.25) is 0 Å². The molecule has 0 unspecified atom stereocenters. The number of allylic oxidation sites excluding steroid dienone is 7. The molecule has 0 radical (unpaired) electrons. The molecule has 4 aromatic rings. The van der Waals surface area contributed by atoms with Crippen LogP contribution >= 0.6 is 47.9 Å². The molecule has 0 saturated carbocycles. The molecule has 22 nitrogen and oxygen atoms in total. The number of hydroxylamine groups is 2. The van der Waals surface area contributed by atoms with Crippen LogP contribution in [-0.2, 0) is 78.3 Å². The van der Waals surface area contributed by atoms with E-state index in [1.54, 1.807) is 18.2 Å². The molecule has 1 saturated heterocycles. The number of rotatable bonds is 29. The van der Waals surface area contributed by atoms with Crippen LogP contribution in [0.15, 0.2) is 117 Å². The van der Waals surface area contributed by atoms with Crippen LogP contribution < -0.4 is 4.90 Å². The number of benzene rings is 4. The van der Waals surface area contributed by atoms with Gasteiger partial charge >= 0.3 is 5.97 Å². The first-order chi connectivity index (χ1) is 39.6. The molecule has 0 spiro atoms. The summed E-state index contributed by atoms with van der Waals surface area (Å²) in [7, 11) is -7.03. The molecule has 1 aliphatic carbocycles. The van der Waals surface area contributed by atoms with Crippen LogP contribution in [0.3, 0.4) is 0 Å². The molecule has 0 aromatic heterocycles. The van der Waals surface area contributed by atoms with Crippen LogP contribution in [0.4, 0.5) is 11.4 Å². The highest BCUT2D eigenvalue weighted by Gasteiger charge is 2.46. The monoisotopic (exact) mass is 1260 g/mol. The maximum absolute atomic E-state index is 14.4. The van der Waals surface area contributed by atoms with Gasteiger partial charge in [-0.05, 0) is 109 Å². The van der Waals surface area contributed by atoms with Gasteiger partial charge in [-0.15, -0.1) is 29.8 Å². The minimum atomic E-state index is -4.30. The molecule has 448 valence electrons. The standard InChI is InChI=1S/C55H64N4O18S6/c1-54(2)46(57(30-10-32-79-75-72-63)42-23-21-38-40(51(42)54)14-7-16-44(38)81-77-74-65)25-19-36-12-6-13-37(53(36)78-34-35-82(66,67)68)20-26-47-55(3,4)52-41-15-8-17-45(39(41)22-24-43(52)58(47)31-11-33-80-76-73-64)83(69,70)56(5)29-9-18-50(62)71-59-48(60)27-28-49(59)61/h7-8,14-17,19-26H,6,9-13,18,27-35H2,1-5H3,(H3-,63,64,65,66,67,68)/p+1. The number of nitrogens with zero attached hydrogens (tertiary/aromatic N) is 4. The van der Waals surface area contributed by atoms with E-state index in [2.05, 4.69) is 87.0 Å². The summed E-state index contributed by atoms with van der Waals surface area (Å²) in [5, 5.41) is 41.7. The second-order valence-corrected chi connectivity index (χ2v) is 27.8. The molecule has 4 N–H and O–H groups in total. The van der Waals surface area contributed by atoms with Gasteiger partial charge in [0.2, 0.25) is 15.7 Å². The average molecular weight is 1260 g/mol. The zero-order valence-corrected chi connectivity index (χ0v) is 51.0. The lowest BCUT2D eigenvalue weighted by Crippen LogP contribution is -2.32. The Balaban J connectivity index is 1.16. The molecule has 3 aliphatic heterocycles. The van der Waals surface area contributed by atoms with Gasteiger partial charge in [0.05, 0.1) is 28.1 Å². The summed E-state index contributed by atoms with van der Waals surface area (Å²) in [6, 6.07) is 18.7. The summed E-state index contributed by atoms with van der Waals surface area (Å²) >= 11 is 4.16. The molecule has 0 atom stereocenters. The summed E-state index contributed by atoms with van der Waals surface area (Å²) in [5.74, 6) is -1.49. The van der Waals surface area contributed by atoms with Crippen LogP contribution in [0, 0.1) is 0 Å². The van der Waals surface area contributed by atoms with Crippen molar-refractivity contribution in [2.45, 2.75) is 106 Å². The van der Waals surface area contributed by atoms with Crippen molar-refractivity contribution in [1.82, 2.24) is 9.37 Å². The second kappa shape index (κ2) is 28.2. The van der Waals surface area contributed by atoms with E-state index in [0.717, 1.165) is 112 Å². The number of anilines is 1. The number of carbonyl (C=O) groups excluding carboxylic acids is 3. The first-order valence-electron chi connectivity index (χ1n) is 26.5. The predicted molar refractivity (Wildman–Crippen MR) is 317 cm³/mol. The van der Waals surface area contributed by atoms with Gasteiger partial charge < -0.3 is 9.74 Å². The van der Waals surface area contributed by atoms with Crippen molar-refractivity contribution in [1.29, 1.82) is 0 Å². The highest BCUT2D eigenvalue weighted by atomic mass is 32.2. The zero-order chi connectivity index (χ0) is 59.7. The summed E-state index contributed by atoms with van der Waals surface area (Å²) in [4.78, 5) is 45.3. The summed E-state index contributed by atoms with van der Waals surface area (Å²) < 4.78 is 80.7. The van der Waals surface area contributed by atoms with Gasteiger partial charge in [0.25, 0.3) is 21.9 Å². The summed E-state index contributed by atoms with van der Waals surface area (Å²) in [5.41, 5.74) is 6.30. The Morgan fingerprint density at radius 3 is 2.12 bits per heavy atom. The molecule has 4 aromatic carbocycles. The van der Waals surface area contributed by atoms with E-state index in [0.29, 0.717) is 66.1 Å². The van der Waals surface area contributed by atoms with Crippen LogP contribution in [-0.4, -0.2) is 124 Å². The Kier molecular flexibility index (Phi) is 21.9. The van der Waals surface area contributed by atoms with E-state index in [1.165, 1.54) is 18.8 Å². The number of imide groups is 1. The number of hydrogen-bond donors (Lipinski definition) is 4. The van der Waals surface area contributed by atoms with Crippen LogP contribution in [0.25, 0.3) is 21.5 Å². The lowest BCUT2D eigenvalue weighted by Gasteiger charge is -2.27. The van der Waals surface area contributed by atoms with Crippen molar-refractivity contribution in [3.8, 4) is 0 Å². The number of amides is 2. The van der Waals surface area contributed by atoms with E-state index in [-0.39, 0.29) is 42.9 Å². The first-order valence-corrected chi connectivity index (χ1v) is 33.1. The fourth-order valence-corrected chi connectivity index (χ4v) is 16.0. The van der Waals surface area contributed by atoms with Crippen molar-refractivity contribution >= 4 is 124 Å². The largest absolute Gasteiger partial charge is 0.344 e. The normalized spacial score (nSPS) is 18.2. The summed E-state index contributed by atoms with van der Waals surface area (Å²) in [6.45, 7) is 9.45. The van der Waals surface area contributed by atoms with E-state index < -0.39 is 54.5 Å². The molecule has 3 heterocycles. The third-order valence-electron chi connectivity index (χ3n) is 14.9. The number of sulfonamides is 1. The van der Waals surface area contributed by atoms with Crippen LogP contribution in [0.5, 0.6) is 0 Å². The fourth-order valence-electron chi connectivity index (χ4n) is 11.2. The molecular weight excluding hydrogens is 1200 g/mol. The van der Waals surface area contributed by atoms with E-state index in [1.807, 2.05) is 36.4 Å². The Labute approximate surface area is 498 Å². The van der Waals surface area contributed by atoms with Gasteiger partial charge in [-0.2, -0.15) is 13.0 Å². The Morgan fingerprint density at radius 2 is 1.42 bits per heavy atom. The quantitative estimate of drug-likeness (QED) is 0.00748. The molecular formula is C55H65N4O18S6+. The third-order valence-corrected chi connectivity index (χ3v) is 20.9. The molecule has 83 heavy (non-hydrogen) atoms. The predicted octanol–water partition coefficient (Wildman–Crippen LogP) is 10.9. The highest BCUT2D eigenvalue weighted by molar-refractivity contribution is 8.04. The van der Waals surface area contributed by atoms with Gasteiger partial charge in [-0.3, -0.25) is 14.1 Å². The van der Waals surface area contributed by atoms with E-state index in [9.17, 15) is 35.8 Å². The number of thioether (sulfide) groups is 1. The summed E-state index contributed by atoms with van der Waals surface area (Å²) in [6.07, 6.45) is 11.4. The number of carbonyl (C=O) groups is 3. The smallest absolute Gasteiger partial charge is 0.333 e. The maximum atomic E-state index is 14.4. The Morgan fingerprint density at radius 1 is 0.747 bits per heavy atom. The van der Waals surface area contributed by atoms with Gasteiger partial charge in [0, 0.05) is 137 Å². The lowest BCUT2D eigenvalue weighted by molar-refractivity contribution is -0.438. The SMILES string of the molecule is CN(CCCC(=O)ON1C(=O)CCC1=O)S(=O)(=O)c1cccc2c3c(ccc12)N(CCCSOOO)/C(=C/C=C1\CCCC(/C=C/C2=[N+](CCCSOOO)c4ccc5c(SOOO)cccc5c4C2(C)C)=C1SCCS(=O)(=O)O)C3(C)C. The third kappa shape index (κ3) is 14.6. The number of fused-ring (bicyclic) bond motifs is 6. The Bertz CT molecular complexity index is 3500. The van der Waals surface area contributed by atoms with E-state index >= 15 is 0 Å². The fraction of sp³-hybridized carbons (Fsp3) is 0.418. The minimum Gasteiger partial charge on any atom is -0.344 e. The van der Waals surface area contributed by atoms with Crippen molar-refractivity contribution in [3.05, 3.63) is 118 Å². The van der Waals surface area contributed by atoms with Gasteiger partial charge in [0.15, 0.2) is 5.71 Å². The maximum Gasteiger partial charge on any atom is 0.333 e. The van der Waals surface area contributed by atoms with E-state index in [4.69, 9.17) is 29.3 Å². The zero-order valence-electron chi connectivity index (χ0n) is 46.1. The average Bonchev–Trinajstić information content (AvgIpc) is 1.87. The molecule has 8 rings (SSSR count). The second-order valence-electron chi connectivity index (χ2n) is 20.8.